The molecule has 140 valence electrons. The number of anilines is 1. The fourth-order valence-electron chi connectivity index (χ4n) is 2.35. The predicted octanol–water partition coefficient (Wildman–Crippen LogP) is 3.66. The minimum absolute atomic E-state index is 0.0384. The van der Waals surface area contributed by atoms with Crippen LogP contribution in [-0.2, 0) is 0 Å². The van der Waals surface area contributed by atoms with Crippen molar-refractivity contribution in [3.63, 3.8) is 0 Å². The Morgan fingerprint density at radius 3 is 2.56 bits per heavy atom. The molecule has 1 aromatic heterocycles. The molecular formula is C19H18BrN3O4. The number of hydrogen-bond donors (Lipinski definition) is 2. The Balaban J connectivity index is 2.04. The van der Waals surface area contributed by atoms with Crippen LogP contribution in [0.4, 0.5) is 5.82 Å². The molecule has 0 aliphatic heterocycles. The van der Waals surface area contributed by atoms with Gasteiger partial charge in [-0.25, -0.2) is 4.98 Å². The van der Waals surface area contributed by atoms with E-state index in [1.54, 1.807) is 25.3 Å². The molecule has 0 aliphatic carbocycles. The molecule has 0 saturated carbocycles. The van der Waals surface area contributed by atoms with Crippen LogP contribution in [0.5, 0.6) is 23.1 Å². The van der Waals surface area contributed by atoms with E-state index in [1.165, 1.54) is 0 Å². The van der Waals surface area contributed by atoms with E-state index in [-0.39, 0.29) is 30.7 Å². The molecular weight excluding hydrogens is 414 g/mol. The second-order valence-corrected chi connectivity index (χ2v) is 6.32. The molecule has 1 heterocycles. The SMILES string of the molecule is COc1ccccc1Oc1c(N)nc(-c2cccc(Br)c2)nc1OCCO. The van der Waals surface area contributed by atoms with Crippen molar-refractivity contribution in [2.75, 3.05) is 26.1 Å². The number of para-hydroxylation sites is 2. The summed E-state index contributed by atoms with van der Waals surface area (Å²) in [6.45, 7) is -0.138. The predicted molar refractivity (Wildman–Crippen MR) is 105 cm³/mol. The minimum atomic E-state index is -0.176. The van der Waals surface area contributed by atoms with Gasteiger partial charge in [-0.3, -0.25) is 0 Å². The van der Waals surface area contributed by atoms with Crippen molar-refractivity contribution in [2.24, 2.45) is 0 Å². The summed E-state index contributed by atoms with van der Waals surface area (Å²) in [5.41, 5.74) is 6.90. The van der Waals surface area contributed by atoms with Crippen LogP contribution in [0.25, 0.3) is 11.4 Å². The standard InChI is InChI=1S/C19H18BrN3O4/c1-25-14-7-2-3-8-15(14)27-16-17(21)22-18(23-19(16)26-10-9-24)12-5-4-6-13(20)11-12/h2-8,11,24H,9-10H2,1H3,(H2,21,22,23). The summed E-state index contributed by atoms with van der Waals surface area (Å²) in [6.07, 6.45) is 0. The number of hydrogen-bond acceptors (Lipinski definition) is 7. The number of aromatic nitrogens is 2. The van der Waals surface area contributed by atoms with E-state index < -0.39 is 0 Å². The average Bonchev–Trinajstić information content (AvgIpc) is 2.68. The molecule has 3 N–H and O–H groups in total. The number of nitrogens with two attached hydrogens (primary N) is 1. The number of aliphatic hydroxyl groups is 1. The summed E-state index contributed by atoms with van der Waals surface area (Å²) in [5, 5.41) is 9.12. The molecule has 0 fully saturated rings. The van der Waals surface area contributed by atoms with Gasteiger partial charge in [0.15, 0.2) is 23.1 Å². The van der Waals surface area contributed by atoms with E-state index >= 15 is 0 Å². The molecule has 0 unspecified atom stereocenters. The Morgan fingerprint density at radius 1 is 1.07 bits per heavy atom. The normalized spacial score (nSPS) is 10.5. The lowest BCUT2D eigenvalue weighted by atomic mass is 10.2. The molecule has 27 heavy (non-hydrogen) atoms. The van der Waals surface area contributed by atoms with Gasteiger partial charge in [0, 0.05) is 10.0 Å². The van der Waals surface area contributed by atoms with Crippen LogP contribution in [0.3, 0.4) is 0 Å². The van der Waals surface area contributed by atoms with Crippen molar-refractivity contribution in [3.05, 3.63) is 53.0 Å². The van der Waals surface area contributed by atoms with Gasteiger partial charge in [-0.05, 0) is 24.3 Å². The number of benzene rings is 2. The van der Waals surface area contributed by atoms with Crippen LogP contribution in [0.1, 0.15) is 0 Å². The zero-order valence-electron chi connectivity index (χ0n) is 14.6. The van der Waals surface area contributed by atoms with Crippen molar-refractivity contribution in [1.82, 2.24) is 9.97 Å². The third-order valence-corrected chi connectivity index (χ3v) is 4.05. The number of methoxy groups -OCH3 is 1. The first kappa shape index (κ1) is 18.9. The van der Waals surface area contributed by atoms with E-state index in [1.807, 2.05) is 30.3 Å². The Hall–Kier alpha value is -2.84. The first-order valence-electron chi connectivity index (χ1n) is 8.10. The molecule has 3 rings (SSSR count). The highest BCUT2D eigenvalue weighted by atomic mass is 79.9. The summed E-state index contributed by atoms with van der Waals surface area (Å²) in [7, 11) is 1.54. The summed E-state index contributed by atoms with van der Waals surface area (Å²) in [5.74, 6) is 1.76. The fraction of sp³-hybridized carbons (Fsp3) is 0.158. The third-order valence-electron chi connectivity index (χ3n) is 3.55. The van der Waals surface area contributed by atoms with Gasteiger partial charge in [0.25, 0.3) is 5.88 Å². The number of ether oxygens (including phenoxy) is 3. The second kappa shape index (κ2) is 8.70. The topological polar surface area (TPSA) is 99.7 Å². The second-order valence-electron chi connectivity index (χ2n) is 5.40. The number of aliphatic hydroxyl groups excluding tert-OH is 1. The third kappa shape index (κ3) is 4.47. The van der Waals surface area contributed by atoms with E-state index in [2.05, 4.69) is 25.9 Å². The number of nitrogen functional groups attached to an aromatic ring is 1. The first-order valence-corrected chi connectivity index (χ1v) is 8.89. The number of nitrogens with zero attached hydrogens (tertiary/aromatic N) is 2. The van der Waals surface area contributed by atoms with Crippen LogP contribution < -0.4 is 19.9 Å². The Morgan fingerprint density at radius 2 is 1.85 bits per heavy atom. The van der Waals surface area contributed by atoms with Gasteiger partial charge >= 0.3 is 0 Å². The first-order chi connectivity index (χ1) is 13.1. The Labute approximate surface area is 164 Å². The van der Waals surface area contributed by atoms with Gasteiger partial charge in [-0.1, -0.05) is 40.2 Å². The van der Waals surface area contributed by atoms with Crippen LogP contribution in [-0.4, -0.2) is 35.4 Å². The molecule has 2 aromatic carbocycles. The van der Waals surface area contributed by atoms with Crippen molar-refractivity contribution < 1.29 is 19.3 Å². The zero-order chi connectivity index (χ0) is 19.2. The smallest absolute Gasteiger partial charge is 0.263 e. The van der Waals surface area contributed by atoms with Crippen LogP contribution in [0, 0.1) is 0 Å². The maximum Gasteiger partial charge on any atom is 0.263 e. The van der Waals surface area contributed by atoms with Crippen molar-refractivity contribution >= 4 is 21.7 Å². The number of halogens is 1. The fourth-order valence-corrected chi connectivity index (χ4v) is 2.75. The molecule has 8 heteroatoms. The van der Waals surface area contributed by atoms with Crippen molar-refractivity contribution in [3.8, 4) is 34.5 Å². The molecule has 7 nitrogen and oxygen atoms in total. The summed E-state index contributed by atoms with van der Waals surface area (Å²) >= 11 is 3.42. The van der Waals surface area contributed by atoms with Crippen LogP contribution in [0.15, 0.2) is 53.0 Å². The van der Waals surface area contributed by atoms with Gasteiger partial charge in [-0.2, -0.15) is 4.98 Å². The highest BCUT2D eigenvalue weighted by Crippen LogP contribution is 2.39. The Bertz CT molecular complexity index is 937. The molecule has 0 saturated heterocycles. The molecule has 3 aromatic rings. The minimum Gasteiger partial charge on any atom is -0.493 e. The molecule has 0 bridgehead atoms. The molecule has 0 radical (unpaired) electrons. The highest BCUT2D eigenvalue weighted by molar-refractivity contribution is 9.10. The monoisotopic (exact) mass is 431 g/mol. The lowest BCUT2D eigenvalue weighted by molar-refractivity contribution is 0.192. The highest BCUT2D eigenvalue weighted by Gasteiger charge is 2.19. The van der Waals surface area contributed by atoms with Gasteiger partial charge in [0.1, 0.15) is 6.61 Å². The van der Waals surface area contributed by atoms with Crippen LogP contribution >= 0.6 is 15.9 Å². The van der Waals surface area contributed by atoms with Gasteiger partial charge < -0.3 is 25.1 Å². The quantitative estimate of drug-likeness (QED) is 0.588. The maximum atomic E-state index is 9.12. The summed E-state index contributed by atoms with van der Waals surface area (Å²) in [4.78, 5) is 8.77. The lowest BCUT2D eigenvalue weighted by Gasteiger charge is -2.15. The van der Waals surface area contributed by atoms with Gasteiger partial charge in [-0.15, -0.1) is 0 Å². The van der Waals surface area contributed by atoms with Crippen molar-refractivity contribution in [2.45, 2.75) is 0 Å². The zero-order valence-corrected chi connectivity index (χ0v) is 16.1. The Kier molecular flexibility index (Phi) is 6.10. The largest absolute Gasteiger partial charge is 0.493 e. The summed E-state index contributed by atoms with van der Waals surface area (Å²) < 4.78 is 17.6. The van der Waals surface area contributed by atoms with Crippen molar-refractivity contribution in [1.29, 1.82) is 0 Å². The molecule has 0 spiro atoms. The lowest BCUT2D eigenvalue weighted by Crippen LogP contribution is -2.08. The van der Waals surface area contributed by atoms with Crippen LogP contribution in [0.2, 0.25) is 0 Å². The molecule has 0 atom stereocenters. The van der Waals surface area contributed by atoms with E-state index in [9.17, 15) is 0 Å². The number of rotatable bonds is 7. The van der Waals surface area contributed by atoms with E-state index in [4.69, 9.17) is 25.1 Å². The summed E-state index contributed by atoms with van der Waals surface area (Å²) in [6, 6.07) is 14.6. The van der Waals surface area contributed by atoms with Gasteiger partial charge in [0.2, 0.25) is 5.75 Å². The molecule has 0 aliphatic rings. The average molecular weight is 432 g/mol. The van der Waals surface area contributed by atoms with E-state index in [0.29, 0.717) is 17.3 Å². The maximum absolute atomic E-state index is 9.12. The molecule has 0 amide bonds. The van der Waals surface area contributed by atoms with E-state index in [0.717, 1.165) is 10.0 Å². The van der Waals surface area contributed by atoms with Gasteiger partial charge in [0.05, 0.1) is 13.7 Å².